The lowest BCUT2D eigenvalue weighted by molar-refractivity contribution is -0.116. The summed E-state index contributed by atoms with van der Waals surface area (Å²) in [6.07, 6.45) is 1.58. The number of aromatic nitrogens is 4. The van der Waals surface area contributed by atoms with Gasteiger partial charge in [0, 0.05) is 30.0 Å². The molecular weight excluding hydrogens is 398 g/mol. The second-order valence-corrected chi connectivity index (χ2v) is 7.32. The van der Waals surface area contributed by atoms with Crippen LogP contribution in [0.15, 0.2) is 28.3 Å². The van der Waals surface area contributed by atoms with Crippen molar-refractivity contribution in [3.8, 4) is 17.2 Å². The number of anilines is 1. The summed E-state index contributed by atoms with van der Waals surface area (Å²) in [6.45, 7) is 0. The van der Waals surface area contributed by atoms with Crippen LogP contribution in [0.25, 0.3) is 11.0 Å². The quantitative estimate of drug-likeness (QED) is 0.583. The number of amides is 1. The van der Waals surface area contributed by atoms with Gasteiger partial charge in [0.25, 0.3) is 5.56 Å². The number of fused-ring (bicyclic) bond motifs is 2. The summed E-state index contributed by atoms with van der Waals surface area (Å²) in [6, 6.07) is 3.01. The Balaban J connectivity index is 1.56. The first-order chi connectivity index (χ1) is 14.0. The van der Waals surface area contributed by atoms with Crippen molar-refractivity contribution in [3.63, 3.8) is 0 Å². The van der Waals surface area contributed by atoms with Crippen LogP contribution in [0.2, 0.25) is 0 Å². The van der Waals surface area contributed by atoms with Gasteiger partial charge in [-0.25, -0.2) is 4.98 Å². The molecule has 1 aromatic carbocycles. The highest BCUT2D eigenvalue weighted by molar-refractivity contribution is 7.99. The Morgan fingerprint density at radius 2 is 2.00 bits per heavy atom. The molecule has 1 aliphatic heterocycles. The van der Waals surface area contributed by atoms with E-state index in [-0.39, 0.29) is 23.9 Å². The first-order valence-corrected chi connectivity index (χ1v) is 9.72. The highest BCUT2D eigenvalue weighted by Gasteiger charge is 2.29. The Kier molecular flexibility index (Phi) is 5.05. The van der Waals surface area contributed by atoms with Crippen LogP contribution in [0.1, 0.15) is 12.5 Å². The van der Waals surface area contributed by atoms with Gasteiger partial charge in [0.2, 0.25) is 11.7 Å². The summed E-state index contributed by atoms with van der Waals surface area (Å²) in [5.74, 6) is 1.66. The van der Waals surface area contributed by atoms with Gasteiger partial charge < -0.3 is 19.5 Å². The van der Waals surface area contributed by atoms with Crippen LogP contribution in [0.5, 0.6) is 17.2 Å². The predicted octanol–water partition coefficient (Wildman–Crippen LogP) is 1.82. The molecule has 29 heavy (non-hydrogen) atoms. The molecule has 0 saturated carbocycles. The number of hydrogen-bond acceptors (Lipinski definition) is 8. The maximum Gasteiger partial charge on any atom is 0.265 e. The molecule has 2 aromatic heterocycles. The maximum atomic E-state index is 12.7. The van der Waals surface area contributed by atoms with E-state index < -0.39 is 0 Å². The topological polar surface area (TPSA) is 120 Å². The number of nitrogens with one attached hydrogen (secondary N) is 2. The van der Waals surface area contributed by atoms with Crippen molar-refractivity contribution in [3.05, 3.63) is 28.7 Å². The number of carbonyl (C=O) groups excluding carboxylic acids is 1. The second kappa shape index (κ2) is 7.66. The zero-order valence-electron chi connectivity index (χ0n) is 16.0. The van der Waals surface area contributed by atoms with Crippen LogP contribution in [0, 0.1) is 0 Å². The number of methoxy groups -OCH3 is 3. The number of H-pyrrole nitrogens is 1. The average Bonchev–Trinajstić information content (AvgIpc) is 3.34. The van der Waals surface area contributed by atoms with E-state index in [1.165, 1.54) is 39.3 Å². The predicted molar refractivity (Wildman–Crippen MR) is 107 cm³/mol. The van der Waals surface area contributed by atoms with Crippen LogP contribution >= 0.6 is 11.8 Å². The van der Waals surface area contributed by atoms with Gasteiger partial charge in [0.1, 0.15) is 5.39 Å². The Bertz CT molecular complexity index is 1120. The van der Waals surface area contributed by atoms with E-state index in [1.807, 2.05) is 0 Å². The lowest BCUT2D eigenvalue weighted by atomic mass is 10.2. The van der Waals surface area contributed by atoms with E-state index in [0.29, 0.717) is 44.9 Å². The van der Waals surface area contributed by atoms with Crippen molar-refractivity contribution in [1.82, 2.24) is 19.7 Å². The number of carbonyl (C=O) groups is 1. The summed E-state index contributed by atoms with van der Waals surface area (Å²) in [5, 5.41) is 10.4. The number of rotatable bonds is 6. The third-order valence-electron chi connectivity index (χ3n) is 4.62. The van der Waals surface area contributed by atoms with Gasteiger partial charge in [0.05, 0.1) is 33.6 Å². The van der Waals surface area contributed by atoms with Crippen molar-refractivity contribution in [2.45, 2.75) is 17.6 Å². The summed E-state index contributed by atoms with van der Waals surface area (Å²) in [7, 11) is 4.52. The smallest absolute Gasteiger partial charge is 0.265 e. The third kappa shape index (κ3) is 3.37. The number of nitrogens with zero attached hydrogens (tertiary/aromatic N) is 3. The van der Waals surface area contributed by atoms with Gasteiger partial charge in [-0.1, -0.05) is 11.8 Å². The van der Waals surface area contributed by atoms with Gasteiger partial charge in [0.15, 0.2) is 22.3 Å². The minimum atomic E-state index is -0.295. The molecule has 0 saturated heterocycles. The lowest BCUT2D eigenvalue weighted by Gasteiger charge is -2.16. The van der Waals surface area contributed by atoms with Crippen LogP contribution < -0.4 is 25.1 Å². The highest BCUT2D eigenvalue weighted by atomic mass is 32.2. The van der Waals surface area contributed by atoms with Gasteiger partial charge >= 0.3 is 0 Å². The van der Waals surface area contributed by atoms with Gasteiger partial charge in [-0.3, -0.25) is 19.3 Å². The van der Waals surface area contributed by atoms with Crippen LogP contribution in [-0.2, 0) is 4.79 Å². The third-order valence-corrected chi connectivity index (χ3v) is 5.72. The number of ether oxygens (including phenoxy) is 3. The normalized spacial score (nSPS) is 15.2. The summed E-state index contributed by atoms with van der Waals surface area (Å²) >= 11 is 1.44. The Hall–Kier alpha value is -3.21. The standard InChI is InChI=1S/C18H19N5O5S/c1-26-12-4-9(5-13(27-2)15(12)28-3)20-14(24)6-10-8-29-18-21-16-11(7-19-22-16)17(25)23(10)18/h4-5,7,10H,6,8H2,1-3H3,(H,19,22)(H,20,24). The van der Waals surface area contributed by atoms with Crippen molar-refractivity contribution in [1.29, 1.82) is 0 Å². The molecule has 10 nitrogen and oxygen atoms in total. The van der Waals surface area contributed by atoms with E-state index in [0.717, 1.165) is 0 Å². The van der Waals surface area contributed by atoms with E-state index in [9.17, 15) is 9.59 Å². The Morgan fingerprint density at radius 3 is 2.66 bits per heavy atom. The molecule has 152 valence electrons. The van der Waals surface area contributed by atoms with Gasteiger partial charge in [-0.2, -0.15) is 5.10 Å². The molecule has 1 aliphatic rings. The molecule has 0 radical (unpaired) electrons. The molecule has 1 atom stereocenters. The van der Waals surface area contributed by atoms with E-state index in [4.69, 9.17) is 14.2 Å². The maximum absolute atomic E-state index is 12.7. The first kappa shape index (κ1) is 19.1. The van der Waals surface area contributed by atoms with Crippen LogP contribution in [0.4, 0.5) is 5.69 Å². The van der Waals surface area contributed by atoms with E-state index >= 15 is 0 Å². The van der Waals surface area contributed by atoms with Crippen molar-refractivity contribution in [2.75, 3.05) is 32.4 Å². The number of thioether (sulfide) groups is 1. The second-order valence-electron chi connectivity index (χ2n) is 6.33. The zero-order chi connectivity index (χ0) is 20.5. The number of hydrogen-bond donors (Lipinski definition) is 2. The molecular formula is C18H19N5O5S. The largest absolute Gasteiger partial charge is 0.493 e. The minimum Gasteiger partial charge on any atom is -0.493 e. The molecule has 1 amide bonds. The molecule has 0 fully saturated rings. The molecule has 3 heterocycles. The van der Waals surface area contributed by atoms with E-state index in [1.54, 1.807) is 16.7 Å². The SMILES string of the molecule is COc1cc(NC(=O)CC2CSc3nc4[nH]ncc4c(=O)n32)cc(OC)c1OC. The van der Waals surface area contributed by atoms with E-state index in [2.05, 4.69) is 20.5 Å². The molecule has 0 bridgehead atoms. The van der Waals surface area contributed by atoms with Crippen LogP contribution in [-0.4, -0.2) is 52.7 Å². The fraction of sp³-hybridized carbons (Fsp3) is 0.333. The number of benzene rings is 1. The summed E-state index contributed by atoms with van der Waals surface area (Å²) < 4.78 is 17.5. The van der Waals surface area contributed by atoms with Gasteiger partial charge in [-0.15, -0.1) is 0 Å². The summed E-state index contributed by atoms with van der Waals surface area (Å²) in [5.41, 5.74) is 0.761. The lowest BCUT2D eigenvalue weighted by Crippen LogP contribution is -2.27. The average molecular weight is 417 g/mol. The molecule has 2 N–H and O–H groups in total. The Labute approximate surface area is 169 Å². The van der Waals surface area contributed by atoms with Crippen molar-refractivity contribution < 1.29 is 19.0 Å². The minimum absolute atomic E-state index is 0.127. The Morgan fingerprint density at radius 1 is 1.28 bits per heavy atom. The highest BCUT2D eigenvalue weighted by Crippen LogP contribution is 2.40. The van der Waals surface area contributed by atoms with Crippen molar-refractivity contribution in [2.24, 2.45) is 0 Å². The molecule has 11 heteroatoms. The molecule has 1 unspecified atom stereocenters. The monoisotopic (exact) mass is 417 g/mol. The fourth-order valence-corrected chi connectivity index (χ4v) is 4.42. The molecule has 0 spiro atoms. The molecule has 3 aromatic rings. The zero-order valence-corrected chi connectivity index (χ0v) is 16.8. The van der Waals surface area contributed by atoms with Crippen molar-refractivity contribution >= 4 is 34.4 Å². The van der Waals surface area contributed by atoms with Gasteiger partial charge in [-0.05, 0) is 0 Å². The first-order valence-electron chi connectivity index (χ1n) is 8.74. The number of aromatic amines is 1. The molecule has 0 aliphatic carbocycles. The summed E-state index contributed by atoms with van der Waals surface area (Å²) in [4.78, 5) is 29.8. The fourth-order valence-electron chi connectivity index (χ4n) is 3.29. The molecule has 4 rings (SSSR count). The van der Waals surface area contributed by atoms with Crippen LogP contribution in [0.3, 0.4) is 0 Å².